The van der Waals surface area contributed by atoms with E-state index >= 15 is 0 Å². The minimum absolute atomic E-state index is 0.180. The molecule has 2 aromatic rings. The molecule has 0 aliphatic carbocycles. The summed E-state index contributed by atoms with van der Waals surface area (Å²) in [6, 6.07) is 7.01. The van der Waals surface area contributed by atoms with Gasteiger partial charge in [0.2, 0.25) is 0 Å². The lowest BCUT2D eigenvalue weighted by Gasteiger charge is -2.10. The molecule has 0 unspecified atom stereocenters. The Morgan fingerprint density at radius 1 is 1.22 bits per heavy atom. The van der Waals surface area contributed by atoms with E-state index in [4.69, 9.17) is 4.74 Å². The molecular weight excluding hydrogens is 296 g/mol. The van der Waals surface area contributed by atoms with Crippen LogP contribution in [-0.2, 0) is 4.74 Å². The van der Waals surface area contributed by atoms with Crippen LogP contribution in [0, 0.1) is 0 Å². The predicted octanol–water partition coefficient (Wildman–Crippen LogP) is 1.93. The second-order valence-corrected chi connectivity index (χ2v) is 5.36. The van der Waals surface area contributed by atoms with Crippen LogP contribution in [0.15, 0.2) is 30.5 Å². The zero-order valence-electron chi connectivity index (χ0n) is 13.3. The first-order valence-corrected chi connectivity index (χ1v) is 7.60. The Labute approximate surface area is 134 Å². The molecule has 0 atom stereocenters. The van der Waals surface area contributed by atoms with Crippen molar-refractivity contribution in [3.8, 4) is 0 Å². The number of carbonyl (C=O) groups is 2. The molecule has 0 spiro atoms. The Morgan fingerprint density at radius 2 is 2.00 bits per heavy atom. The van der Waals surface area contributed by atoms with Gasteiger partial charge in [0.1, 0.15) is 0 Å². The molecular formula is C16H22N4O3. The SMILES string of the molecule is CC(C)OCCCNC(=O)NNC(=O)c1c[nH]c2ccccc12. The highest BCUT2D eigenvalue weighted by Crippen LogP contribution is 2.16. The van der Waals surface area contributed by atoms with Gasteiger partial charge in [-0.15, -0.1) is 0 Å². The van der Waals surface area contributed by atoms with Crippen LogP contribution in [0.5, 0.6) is 0 Å². The van der Waals surface area contributed by atoms with E-state index in [9.17, 15) is 9.59 Å². The Balaban J connectivity index is 1.73. The van der Waals surface area contributed by atoms with Crippen molar-refractivity contribution in [2.75, 3.05) is 13.2 Å². The number of aromatic nitrogens is 1. The molecule has 0 bridgehead atoms. The molecule has 1 aromatic carbocycles. The maximum Gasteiger partial charge on any atom is 0.333 e. The van der Waals surface area contributed by atoms with E-state index in [1.807, 2.05) is 38.1 Å². The number of H-pyrrole nitrogens is 1. The monoisotopic (exact) mass is 318 g/mol. The summed E-state index contributed by atoms with van der Waals surface area (Å²) in [5, 5.41) is 3.45. The molecule has 3 amide bonds. The van der Waals surface area contributed by atoms with Gasteiger partial charge in [0.15, 0.2) is 0 Å². The lowest BCUT2D eigenvalue weighted by molar-refractivity contribution is 0.0773. The zero-order valence-corrected chi connectivity index (χ0v) is 13.3. The van der Waals surface area contributed by atoms with Gasteiger partial charge in [0, 0.05) is 30.3 Å². The lowest BCUT2D eigenvalue weighted by Crippen LogP contribution is -2.47. The number of nitrogens with one attached hydrogen (secondary N) is 4. The Hall–Kier alpha value is -2.54. The fraction of sp³-hybridized carbons (Fsp3) is 0.375. The summed E-state index contributed by atoms with van der Waals surface area (Å²) < 4.78 is 5.37. The summed E-state index contributed by atoms with van der Waals surface area (Å²) in [6.07, 6.45) is 2.50. The molecule has 1 aromatic heterocycles. The van der Waals surface area contributed by atoms with Gasteiger partial charge in [-0.3, -0.25) is 10.2 Å². The van der Waals surface area contributed by atoms with Crippen molar-refractivity contribution in [1.29, 1.82) is 0 Å². The zero-order chi connectivity index (χ0) is 16.7. The van der Waals surface area contributed by atoms with Gasteiger partial charge in [-0.2, -0.15) is 0 Å². The quantitative estimate of drug-likeness (QED) is 0.484. The smallest absolute Gasteiger partial charge is 0.333 e. The van der Waals surface area contributed by atoms with Crippen molar-refractivity contribution in [1.82, 2.24) is 21.2 Å². The van der Waals surface area contributed by atoms with Crippen LogP contribution >= 0.6 is 0 Å². The number of amides is 3. The number of fused-ring (bicyclic) bond motifs is 1. The molecule has 0 fully saturated rings. The third kappa shape index (κ3) is 5.00. The highest BCUT2D eigenvalue weighted by molar-refractivity contribution is 6.06. The van der Waals surface area contributed by atoms with Crippen LogP contribution in [-0.4, -0.2) is 36.2 Å². The molecule has 0 aliphatic rings. The van der Waals surface area contributed by atoms with Crippen LogP contribution in [0.3, 0.4) is 0 Å². The van der Waals surface area contributed by atoms with Gasteiger partial charge < -0.3 is 15.0 Å². The van der Waals surface area contributed by atoms with Gasteiger partial charge >= 0.3 is 6.03 Å². The number of hydrogen-bond acceptors (Lipinski definition) is 3. The van der Waals surface area contributed by atoms with Gasteiger partial charge in [-0.25, -0.2) is 10.2 Å². The maximum atomic E-state index is 12.1. The van der Waals surface area contributed by atoms with E-state index in [0.717, 1.165) is 10.9 Å². The van der Waals surface area contributed by atoms with Crippen LogP contribution in [0.4, 0.5) is 4.79 Å². The van der Waals surface area contributed by atoms with Crippen molar-refractivity contribution in [2.45, 2.75) is 26.4 Å². The molecule has 23 heavy (non-hydrogen) atoms. The molecule has 0 aliphatic heterocycles. The van der Waals surface area contributed by atoms with Crippen LogP contribution in [0.25, 0.3) is 10.9 Å². The van der Waals surface area contributed by atoms with E-state index in [1.54, 1.807) is 6.20 Å². The first-order valence-electron chi connectivity index (χ1n) is 7.60. The van der Waals surface area contributed by atoms with E-state index in [2.05, 4.69) is 21.2 Å². The van der Waals surface area contributed by atoms with Crippen molar-refractivity contribution in [3.05, 3.63) is 36.0 Å². The second kappa shape index (κ2) is 8.19. The first-order chi connectivity index (χ1) is 11.1. The molecule has 2 rings (SSSR count). The summed E-state index contributed by atoms with van der Waals surface area (Å²) in [6.45, 7) is 4.97. The minimum atomic E-state index is -0.456. The van der Waals surface area contributed by atoms with Crippen molar-refractivity contribution in [2.24, 2.45) is 0 Å². The average molecular weight is 318 g/mol. The first kappa shape index (κ1) is 16.8. The third-order valence-electron chi connectivity index (χ3n) is 3.18. The molecule has 0 saturated heterocycles. The molecule has 1 heterocycles. The molecule has 4 N–H and O–H groups in total. The number of rotatable bonds is 6. The standard InChI is InChI=1S/C16H22N4O3/c1-11(2)23-9-5-8-17-16(22)20-19-15(21)13-10-18-14-7-4-3-6-12(13)14/h3-4,6-7,10-11,18H,5,8-9H2,1-2H3,(H,19,21)(H2,17,20,22). The number of hydrazine groups is 1. The van der Waals surface area contributed by atoms with E-state index in [1.165, 1.54) is 0 Å². The van der Waals surface area contributed by atoms with Crippen LogP contribution < -0.4 is 16.2 Å². The molecule has 0 saturated carbocycles. The molecule has 124 valence electrons. The van der Waals surface area contributed by atoms with E-state index < -0.39 is 6.03 Å². The van der Waals surface area contributed by atoms with Gasteiger partial charge in [-0.05, 0) is 26.3 Å². The Kier molecular flexibility index (Phi) is 5.99. The van der Waals surface area contributed by atoms with Crippen molar-refractivity contribution >= 4 is 22.8 Å². The number of carbonyl (C=O) groups excluding carboxylic acids is 2. The number of para-hydroxylation sites is 1. The number of aromatic amines is 1. The van der Waals surface area contributed by atoms with Gasteiger partial charge in [0.05, 0.1) is 11.7 Å². The molecule has 7 heteroatoms. The normalized spacial score (nSPS) is 10.7. The Morgan fingerprint density at radius 3 is 2.78 bits per heavy atom. The number of urea groups is 1. The van der Waals surface area contributed by atoms with E-state index in [0.29, 0.717) is 25.1 Å². The van der Waals surface area contributed by atoms with Gasteiger partial charge in [-0.1, -0.05) is 18.2 Å². The van der Waals surface area contributed by atoms with Crippen LogP contribution in [0.1, 0.15) is 30.6 Å². The van der Waals surface area contributed by atoms with Gasteiger partial charge in [0.25, 0.3) is 5.91 Å². The van der Waals surface area contributed by atoms with E-state index in [-0.39, 0.29) is 12.0 Å². The number of ether oxygens (including phenoxy) is 1. The Bertz CT molecular complexity index is 666. The summed E-state index contributed by atoms with van der Waals surface area (Å²) in [4.78, 5) is 26.7. The fourth-order valence-corrected chi connectivity index (χ4v) is 2.08. The van der Waals surface area contributed by atoms with Crippen molar-refractivity contribution < 1.29 is 14.3 Å². The maximum absolute atomic E-state index is 12.1. The summed E-state index contributed by atoms with van der Waals surface area (Å²) in [5.41, 5.74) is 6.06. The third-order valence-corrected chi connectivity index (χ3v) is 3.18. The predicted molar refractivity (Wildman–Crippen MR) is 88.0 cm³/mol. The van der Waals surface area contributed by atoms with Crippen molar-refractivity contribution in [3.63, 3.8) is 0 Å². The topological polar surface area (TPSA) is 95.2 Å². The largest absolute Gasteiger partial charge is 0.379 e. The highest BCUT2D eigenvalue weighted by Gasteiger charge is 2.12. The summed E-state index contributed by atoms with van der Waals surface area (Å²) >= 11 is 0. The molecule has 0 radical (unpaired) electrons. The summed E-state index contributed by atoms with van der Waals surface area (Å²) in [5.74, 6) is -0.374. The fourth-order valence-electron chi connectivity index (χ4n) is 2.08. The average Bonchev–Trinajstić information content (AvgIpc) is 2.96. The highest BCUT2D eigenvalue weighted by atomic mass is 16.5. The molecule has 7 nitrogen and oxygen atoms in total. The minimum Gasteiger partial charge on any atom is -0.379 e. The second-order valence-electron chi connectivity index (χ2n) is 5.36. The van der Waals surface area contributed by atoms with Crippen LogP contribution in [0.2, 0.25) is 0 Å². The summed E-state index contributed by atoms with van der Waals surface area (Å²) in [7, 11) is 0. The number of hydrogen-bond donors (Lipinski definition) is 4. The number of benzene rings is 1. The lowest BCUT2D eigenvalue weighted by atomic mass is 10.2.